The second-order valence-corrected chi connectivity index (χ2v) is 4.95. The van der Waals surface area contributed by atoms with Crippen LogP contribution in [-0.4, -0.2) is 17.9 Å². The second-order valence-electron chi connectivity index (χ2n) is 4.95. The minimum atomic E-state index is -0.675. The van der Waals surface area contributed by atoms with Crippen LogP contribution in [0.5, 0.6) is 0 Å². The van der Waals surface area contributed by atoms with Gasteiger partial charge in [-0.1, -0.05) is 54.6 Å². The average molecular weight is 296 g/mol. The summed E-state index contributed by atoms with van der Waals surface area (Å²) in [6.45, 7) is 5.60. The largest absolute Gasteiger partial charge is 0.445 e. The molecule has 1 atom stereocenters. The van der Waals surface area contributed by atoms with E-state index in [2.05, 4.69) is 12.2 Å². The molecule has 0 fully saturated rings. The lowest BCUT2D eigenvalue weighted by Crippen LogP contribution is -2.39. The minimum Gasteiger partial charge on any atom is -0.445 e. The van der Waals surface area contributed by atoms with Crippen molar-refractivity contribution in [3.8, 4) is 0 Å². The molecule has 0 bridgehead atoms. The lowest BCUT2D eigenvalue weighted by atomic mass is 10.0. The van der Waals surface area contributed by atoms with Gasteiger partial charge in [-0.25, -0.2) is 4.79 Å². The number of carbonyl (C=O) groups excluding carboxylic acids is 2. The SMILES string of the molecule is [CH2]c1ccccc1C(=O)C(C)NC(=O)OCc1ccccc1. The number of amides is 1. The lowest BCUT2D eigenvalue weighted by Gasteiger charge is -2.14. The number of nitrogens with one attached hydrogen (secondary N) is 1. The summed E-state index contributed by atoms with van der Waals surface area (Å²) in [7, 11) is 0. The lowest BCUT2D eigenvalue weighted by molar-refractivity contribution is 0.0926. The highest BCUT2D eigenvalue weighted by Gasteiger charge is 2.19. The van der Waals surface area contributed by atoms with Gasteiger partial charge in [0.15, 0.2) is 5.78 Å². The zero-order valence-corrected chi connectivity index (χ0v) is 12.4. The Hall–Kier alpha value is -2.62. The summed E-state index contributed by atoms with van der Waals surface area (Å²) < 4.78 is 5.10. The summed E-state index contributed by atoms with van der Waals surface area (Å²) in [5.41, 5.74) is 2.02. The number of ether oxygens (including phenoxy) is 1. The third kappa shape index (κ3) is 4.19. The Balaban J connectivity index is 1.88. The third-order valence-electron chi connectivity index (χ3n) is 3.22. The zero-order chi connectivity index (χ0) is 15.9. The van der Waals surface area contributed by atoms with Crippen molar-refractivity contribution in [3.05, 3.63) is 78.2 Å². The smallest absolute Gasteiger partial charge is 0.408 e. The van der Waals surface area contributed by atoms with Crippen LogP contribution in [0.25, 0.3) is 0 Å². The van der Waals surface area contributed by atoms with Crippen molar-refractivity contribution >= 4 is 11.9 Å². The van der Waals surface area contributed by atoms with Crippen LogP contribution in [-0.2, 0) is 11.3 Å². The maximum atomic E-state index is 12.3. The number of alkyl carbamates (subject to hydrolysis) is 1. The standard InChI is InChI=1S/C18H18NO3/c1-13-8-6-7-11-16(13)17(20)14(2)19-18(21)22-12-15-9-4-3-5-10-15/h3-11,14H,1,12H2,2H3,(H,19,21). The fourth-order valence-corrected chi connectivity index (χ4v) is 2.00. The van der Waals surface area contributed by atoms with Crippen LogP contribution in [0, 0.1) is 6.92 Å². The molecule has 2 aromatic rings. The van der Waals surface area contributed by atoms with Gasteiger partial charge < -0.3 is 10.1 Å². The number of hydrogen-bond acceptors (Lipinski definition) is 3. The molecule has 2 rings (SSSR count). The fourth-order valence-electron chi connectivity index (χ4n) is 2.00. The predicted molar refractivity (Wildman–Crippen MR) is 84.5 cm³/mol. The van der Waals surface area contributed by atoms with Crippen molar-refractivity contribution in [2.45, 2.75) is 19.6 Å². The first-order valence-electron chi connectivity index (χ1n) is 7.00. The highest BCUT2D eigenvalue weighted by atomic mass is 16.5. The Morgan fingerprint density at radius 3 is 2.41 bits per heavy atom. The maximum Gasteiger partial charge on any atom is 0.408 e. The molecule has 0 aromatic heterocycles. The van der Waals surface area contributed by atoms with Gasteiger partial charge in [0.1, 0.15) is 6.61 Å². The van der Waals surface area contributed by atoms with Gasteiger partial charge in [0.2, 0.25) is 0 Å². The van der Waals surface area contributed by atoms with E-state index in [0.29, 0.717) is 11.1 Å². The molecular formula is C18H18NO3. The monoisotopic (exact) mass is 296 g/mol. The molecule has 0 aliphatic heterocycles. The van der Waals surface area contributed by atoms with Crippen LogP contribution in [0.1, 0.15) is 28.4 Å². The zero-order valence-electron chi connectivity index (χ0n) is 12.4. The van der Waals surface area contributed by atoms with E-state index in [-0.39, 0.29) is 12.4 Å². The van der Waals surface area contributed by atoms with E-state index >= 15 is 0 Å². The topological polar surface area (TPSA) is 55.4 Å². The van der Waals surface area contributed by atoms with E-state index in [0.717, 1.165) is 5.56 Å². The predicted octanol–water partition coefficient (Wildman–Crippen LogP) is 3.37. The summed E-state index contributed by atoms with van der Waals surface area (Å²) in [5, 5.41) is 2.54. The van der Waals surface area contributed by atoms with Gasteiger partial charge in [-0.15, -0.1) is 0 Å². The van der Waals surface area contributed by atoms with E-state index in [4.69, 9.17) is 4.74 Å². The highest BCUT2D eigenvalue weighted by Crippen LogP contribution is 2.10. The van der Waals surface area contributed by atoms with Gasteiger partial charge in [0.25, 0.3) is 0 Å². The van der Waals surface area contributed by atoms with E-state index in [1.54, 1.807) is 25.1 Å². The van der Waals surface area contributed by atoms with E-state index in [1.165, 1.54) is 0 Å². The summed E-state index contributed by atoms with van der Waals surface area (Å²) in [6.07, 6.45) is -0.619. The summed E-state index contributed by atoms with van der Waals surface area (Å²) in [6, 6.07) is 15.7. The first-order valence-corrected chi connectivity index (χ1v) is 7.00. The van der Waals surface area contributed by atoms with Gasteiger partial charge in [0.05, 0.1) is 6.04 Å². The van der Waals surface area contributed by atoms with Gasteiger partial charge in [0, 0.05) is 5.56 Å². The molecule has 0 aliphatic carbocycles. The van der Waals surface area contributed by atoms with Gasteiger partial charge in [-0.2, -0.15) is 0 Å². The molecule has 1 unspecified atom stereocenters. The molecular weight excluding hydrogens is 278 g/mol. The van der Waals surface area contributed by atoms with Crippen LogP contribution in [0.15, 0.2) is 54.6 Å². The molecule has 0 saturated heterocycles. The molecule has 22 heavy (non-hydrogen) atoms. The number of benzene rings is 2. The van der Waals surface area contributed by atoms with E-state index in [1.807, 2.05) is 36.4 Å². The van der Waals surface area contributed by atoms with Crippen molar-refractivity contribution in [1.29, 1.82) is 0 Å². The molecule has 0 aliphatic rings. The van der Waals surface area contributed by atoms with Crippen LogP contribution in [0.3, 0.4) is 0 Å². The van der Waals surface area contributed by atoms with Gasteiger partial charge in [-0.05, 0) is 25.0 Å². The first kappa shape index (κ1) is 15.8. The molecule has 113 valence electrons. The average Bonchev–Trinajstić information content (AvgIpc) is 2.53. The Labute approximate surface area is 130 Å². The molecule has 0 saturated carbocycles. The van der Waals surface area contributed by atoms with Crippen LogP contribution in [0.4, 0.5) is 4.79 Å². The Kier molecular flexibility index (Phi) is 5.31. The molecule has 1 radical (unpaired) electrons. The molecule has 4 heteroatoms. The van der Waals surface area contributed by atoms with Crippen molar-refractivity contribution in [2.24, 2.45) is 0 Å². The number of ketones is 1. The number of Topliss-reactive ketones (excluding diaryl/α,β-unsaturated/α-hetero) is 1. The Morgan fingerprint density at radius 2 is 1.73 bits per heavy atom. The molecule has 2 aromatic carbocycles. The van der Waals surface area contributed by atoms with Gasteiger partial charge >= 0.3 is 6.09 Å². The van der Waals surface area contributed by atoms with E-state index < -0.39 is 12.1 Å². The van der Waals surface area contributed by atoms with Crippen molar-refractivity contribution in [3.63, 3.8) is 0 Å². The third-order valence-corrected chi connectivity index (χ3v) is 3.22. The number of carbonyl (C=O) groups is 2. The van der Waals surface area contributed by atoms with Gasteiger partial charge in [-0.3, -0.25) is 4.79 Å². The first-order chi connectivity index (χ1) is 10.6. The van der Waals surface area contributed by atoms with Crippen molar-refractivity contribution < 1.29 is 14.3 Å². The van der Waals surface area contributed by atoms with Crippen LogP contribution in [0.2, 0.25) is 0 Å². The molecule has 0 spiro atoms. The molecule has 1 amide bonds. The maximum absolute atomic E-state index is 12.3. The summed E-state index contributed by atoms with van der Waals surface area (Å²) in [4.78, 5) is 24.0. The van der Waals surface area contributed by atoms with Crippen molar-refractivity contribution in [2.75, 3.05) is 0 Å². The highest BCUT2D eigenvalue weighted by molar-refractivity contribution is 6.02. The fraction of sp³-hybridized carbons (Fsp3) is 0.167. The summed E-state index contributed by atoms with van der Waals surface area (Å²) >= 11 is 0. The number of hydrogen-bond donors (Lipinski definition) is 1. The minimum absolute atomic E-state index is 0.166. The number of rotatable bonds is 5. The Bertz CT molecular complexity index is 652. The molecule has 1 N–H and O–H groups in total. The molecule has 4 nitrogen and oxygen atoms in total. The normalized spacial score (nSPS) is 11.5. The van der Waals surface area contributed by atoms with E-state index in [9.17, 15) is 9.59 Å². The quantitative estimate of drug-likeness (QED) is 0.861. The van der Waals surface area contributed by atoms with Crippen LogP contribution >= 0.6 is 0 Å². The van der Waals surface area contributed by atoms with Crippen LogP contribution < -0.4 is 5.32 Å². The summed E-state index contributed by atoms with van der Waals surface area (Å²) in [5.74, 6) is -0.192. The Morgan fingerprint density at radius 1 is 1.09 bits per heavy atom. The second kappa shape index (κ2) is 7.41. The molecule has 0 heterocycles. The van der Waals surface area contributed by atoms with Crippen molar-refractivity contribution in [1.82, 2.24) is 5.32 Å².